The van der Waals surface area contributed by atoms with Gasteiger partial charge in [0.25, 0.3) is 11.8 Å². The summed E-state index contributed by atoms with van der Waals surface area (Å²) in [6.07, 6.45) is 0. The number of halogens is 2. The van der Waals surface area contributed by atoms with E-state index in [0.717, 1.165) is 0 Å². The van der Waals surface area contributed by atoms with E-state index >= 15 is 0 Å². The molecule has 4 aromatic rings. The molecule has 0 atom stereocenters. The van der Waals surface area contributed by atoms with Crippen molar-refractivity contribution >= 4 is 46.1 Å². The van der Waals surface area contributed by atoms with Crippen molar-refractivity contribution in [2.75, 3.05) is 12.4 Å². The molecule has 0 saturated carbocycles. The molecule has 0 saturated heterocycles. The fourth-order valence-electron chi connectivity index (χ4n) is 3.25. The van der Waals surface area contributed by atoms with Crippen LogP contribution >= 0.6 is 11.6 Å². The number of rotatable bonds is 3. The largest absolute Gasteiger partial charge is 0.355 e. The van der Waals surface area contributed by atoms with Gasteiger partial charge < -0.3 is 25.0 Å². The number of anilines is 1. The zero-order chi connectivity index (χ0) is 24.2. The minimum atomic E-state index is -0.517. The molecule has 0 radical (unpaired) electrons. The first-order valence-electron chi connectivity index (χ1n) is 10.0. The highest BCUT2D eigenvalue weighted by Gasteiger charge is 2.28. The van der Waals surface area contributed by atoms with Gasteiger partial charge in [0.05, 0.1) is 17.6 Å². The van der Waals surface area contributed by atoms with Gasteiger partial charge in [-0.2, -0.15) is 0 Å². The van der Waals surface area contributed by atoms with E-state index in [1.807, 2.05) is 0 Å². The Hall–Kier alpha value is -4.25. The molecule has 0 fully saturated rings. The molecule has 10 nitrogen and oxygen atoms in total. The Morgan fingerprint density at radius 1 is 1.15 bits per heavy atom. The van der Waals surface area contributed by atoms with Crippen molar-refractivity contribution in [2.24, 2.45) is 0 Å². The van der Waals surface area contributed by atoms with Crippen molar-refractivity contribution in [1.82, 2.24) is 25.3 Å². The van der Waals surface area contributed by atoms with Crippen LogP contribution in [0.15, 0.2) is 53.1 Å². The summed E-state index contributed by atoms with van der Waals surface area (Å²) in [6.45, 7) is 0.103. The molecular weight excluding hydrogens is 467 g/mol. The third kappa shape index (κ3) is 4.74. The molecule has 3 heterocycles. The first kappa shape index (κ1) is 22.9. The van der Waals surface area contributed by atoms with Crippen molar-refractivity contribution in [3.05, 3.63) is 76.6 Å². The number of fused-ring (bicyclic) bond motifs is 2. The zero-order valence-electron chi connectivity index (χ0n) is 17.8. The first-order chi connectivity index (χ1) is 16.4. The fraction of sp³-hybridized carbons (Fsp3) is 0.136. The number of nitrogens with zero attached hydrogens (tertiary/aromatic N) is 3. The maximum Gasteiger partial charge on any atom is 0.287 e. The number of aromatic nitrogens is 3. The van der Waals surface area contributed by atoms with Gasteiger partial charge in [-0.05, 0) is 36.4 Å². The average Bonchev–Trinajstić information content (AvgIpc) is 3.42. The predicted octanol–water partition coefficient (Wildman–Crippen LogP) is 2.75. The Labute approximate surface area is 197 Å². The van der Waals surface area contributed by atoms with E-state index in [4.69, 9.17) is 16.1 Å². The van der Waals surface area contributed by atoms with Crippen molar-refractivity contribution in [3.63, 3.8) is 0 Å². The molecule has 0 bridgehead atoms. The average molecular weight is 485 g/mol. The molecule has 2 aromatic carbocycles. The highest BCUT2D eigenvalue weighted by atomic mass is 35.5. The smallest absolute Gasteiger partial charge is 0.287 e. The van der Waals surface area contributed by atoms with Crippen LogP contribution in [0.25, 0.3) is 11.0 Å². The number of hydrogen-bond donors (Lipinski definition) is 3. The number of imidazole rings is 1. The second-order valence-electron chi connectivity index (χ2n) is 7.09. The highest BCUT2D eigenvalue weighted by molar-refractivity contribution is 6.30. The standard InChI is InChI=1S/C16H14N6O4.C6H4ClF/c1-17-16(25)14-19-13(9-6-18-11(23)7-22(9)14)20-15(24)12-8-4-2-3-5-10(8)26-21-12;7-5-1-3-6(8)4-2-5/h2-5H,6-7H2,1H3,(H,17,25)(H,18,23)(H,20,24);1-4H. The lowest BCUT2D eigenvalue weighted by atomic mass is 10.2. The summed E-state index contributed by atoms with van der Waals surface area (Å²) in [5.41, 5.74) is 1.14. The quantitative estimate of drug-likeness (QED) is 0.410. The molecule has 174 valence electrons. The molecule has 3 amide bonds. The summed E-state index contributed by atoms with van der Waals surface area (Å²) in [4.78, 5) is 40.5. The lowest BCUT2D eigenvalue weighted by Gasteiger charge is -2.17. The second-order valence-corrected chi connectivity index (χ2v) is 7.53. The van der Waals surface area contributed by atoms with Crippen molar-refractivity contribution in [3.8, 4) is 0 Å². The third-order valence-electron chi connectivity index (χ3n) is 4.89. The fourth-order valence-corrected chi connectivity index (χ4v) is 3.37. The molecule has 5 rings (SSSR count). The van der Waals surface area contributed by atoms with E-state index < -0.39 is 11.8 Å². The maximum atomic E-state index is 12.6. The molecule has 0 spiro atoms. The van der Waals surface area contributed by atoms with Gasteiger partial charge in [-0.25, -0.2) is 9.37 Å². The number of carbonyl (C=O) groups excluding carboxylic acids is 3. The summed E-state index contributed by atoms with van der Waals surface area (Å²) in [5.74, 6) is -1.21. The van der Waals surface area contributed by atoms with E-state index in [1.165, 1.54) is 35.9 Å². The number of hydrogen-bond acceptors (Lipinski definition) is 6. The minimum absolute atomic E-state index is 0.0478. The Kier molecular flexibility index (Phi) is 6.55. The number of benzene rings is 2. The van der Waals surface area contributed by atoms with Crippen molar-refractivity contribution in [2.45, 2.75) is 13.1 Å². The zero-order valence-corrected chi connectivity index (χ0v) is 18.5. The Morgan fingerprint density at radius 3 is 2.59 bits per heavy atom. The van der Waals surface area contributed by atoms with Crippen LogP contribution in [0.4, 0.5) is 10.2 Å². The van der Waals surface area contributed by atoms with Gasteiger partial charge in [0.1, 0.15) is 12.4 Å². The van der Waals surface area contributed by atoms with Crippen LogP contribution in [0.2, 0.25) is 5.02 Å². The summed E-state index contributed by atoms with van der Waals surface area (Å²) in [6, 6.07) is 12.6. The van der Waals surface area contributed by atoms with Gasteiger partial charge in [-0.3, -0.25) is 14.4 Å². The van der Waals surface area contributed by atoms with Crippen LogP contribution in [0.3, 0.4) is 0 Å². The molecule has 2 aromatic heterocycles. The Balaban J connectivity index is 0.000000291. The lowest BCUT2D eigenvalue weighted by Crippen LogP contribution is -2.36. The normalized spacial score (nSPS) is 12.3. The van der Waals surface area contributed by atoms with Gasteiger partial charge in [0, 0.05) is 12.1 Å². The highest BCUT2D eigenvalue weighted by Crippen LogP contribution is 2.23. The van der Waals surface area contributed by atoms with Gasteiger partial charge in [0.2, 0.25) is 11.7 Å². The van der Waals surface area contributed by atoms with Gasteiger partial charge in [-0.1, -0.05) is 28.9 Å². The summed E-state index contributed by atoms with van der Waals surface area (Å²) >= 11 is 5.44. The van der Waals surface area contributed by atoms with Crippen molar-refractivity contribution < 1.29 is 23.3 Å². The van der Waals surface area contributed by atoms with E-state index in [2.05, 4.69) is 26.1 Å². The lowest BCUT2D eigenvalue weighted by molar-refractivity contribution is -0.122. The van der Waals surface area contributed by atoms with Gasteiger partial charge >= 0.3 is 0 Å². The predicted molar refractivity (Wildman–Crippen MR) is 121 cm³/mol. The molecule has 3 N–H and O–H groups in total. The minimum Gasteiger partial charge on any atom is -0.355 e. The first-order valence-corrected chi connectivity index (χ1v) is 10.4. The monoisotopic (exact) mass is 484 g/mol. The number of nitrogens with one attached hydrogen (secondary N) is 3. The summed E-state index contributed by atoms with van der Waals surface area (Å²) < 4.78 is 18.6. The summed E-state index contributed by atoms with van der Waals surface area (Å²) in [7, 11) is 1.46. The van der Waals surface area contributed by atoms with Crippen LogP contribution in [-0.2, 0) is 17.9 Å². The molecule has 1 aliphatic rings. The molecular formula is C22H18ClFN6O4. The van der Waals surface area contributed by atoms with E-state index in [-0.39, 0.29) is 42.2 Å². The van der Waals surface area contributed by atoms with Crippen LogP contribution in [-0.4, -0.2) is 39.5 Å². The molecule has 0 unspecified atom stereocenters. The van der Waals surface area contributed by atoms with Gasteiger partial charge in [-0.15, -0.1) is 0 Å². The second kappa shape index (κ2) is 9.71. The molecule has 1 aliphatic heterocycles. The van der Waals surface area contributed by atoms with E-state index in [1.54, 1.807) is 24.3 Å². The topological polar surface area (TPSA) is 131 Å². The summed E-state index contributed by atoms with van der Waals surface area (Å²) in [5, 5.41) is 12.7. The molecule has 0 aliphatic carbocycles. The maximum absolute atomic E-state index is 12.6. The number of amides is 3. The number of para-hydroxylation sites is 1. The van der Waals surface area contributed by atoms with Crippen molar-refractivity contribution in [1.29, 1.82) is 0 Å². The van der Waals surface area contributed by atoms with E-state index in [9.17, 15) is 18.8 Å². The van der Waals surface area contributed by atoms with Crippen LogP contribution in [0.1, 0.15) is 26.8 Å². The Bertz CT molecular complexity index is 1360. The number of carbonyl (C=O) groups is 3. The molecule has 34 heavy (non-hydrogen) atoms. The third-order valence-corrected chi connectivity index (χ3v) is 5.14. The van der Waals surface area contributed by atoms with Crippen LogP contribution in [0, 0.1) is 5.82 Å². The Morgan fingerprint density at radius 2 is 1.88 bits per heavy atom. The molecule has 12 heteroatoms. The van der Waals surface area contributed by atoms with Gasteiger partial charge in [0.15, 0.2) is 17.1 Å². The van der Waals surface area contributed by atoms with E-state index in [0.29, 0.717) is 21.7 Å². The van der Waals surface area contributed by atoms with Crippen LogP contribution < -0.4 is 16.0 Å². The van der Waals surface area contributed by atoms with Crippen LogP contribution in [0.5, 0.6) is 0 Å². The SMILES string of the molecule is CNC(=O)c1nc(NC(=O)c2noc3ccccc23)c2n1CC(=O)NC2.Fc1ccc(Cl)cc1.